The highest BCUT2D eigenvalue weighted by Crippen LogP contribution is 2.55. The standard InChI is InChI=1S/C54H70N2O8Si/c1-12-43(64-53(5,6)60-9)36-56(51(57)62-38-41-19-14-13-15-20-41)50-49-46-21-16-17-22-47(46)55(35-40-23-27-44(58-7)28-24-40)48(49)31-33-54(50,39-63-65(10,11)52(2,3)4)32-18-34-61-37-42-25-29-45(59-8)30-26-42/h1,13-17,19-30,43,50H,18,31-39H2,2-11H3/t43?,50-,54-/m1/s1. The van der Waals surface area contributed by atoms with Gasteiger partial charge in [0.25, 0.3) is 0 Å². The van der Waals surface area contributed by atoms with Crippen molar-refractivity contribution in [1.29, 1.82) is 0 Å². The van der Waals surface area contributed by atoms with Gasteiger partial charge in [0.05, 0.1) is 33.4 Å². The van der Waals surface area contributed by atoms with Gasteiger partial charge in [-0.3, -0.25) is 4.90 Å². The molecule has 1 amide bonds. The number of nitrogens with zero attached hydrogens (tertiary/aromatic N) is 2. The van der Waals surface area contributed by atoms with Crippen LogP contribution >= 0.6 is 0 Å². The Bertz CT molecular complexity index is 2350. The molecule has 1 aliphatic rings. The first-order chi connectivity index (χ1) is 31.0. The molecule has 0 N–H and O–H groups in total. The molecular weight excluding hydrogens is 833 g/mol. The number of methoxy groups -OCH3 is 3. The quantitative estimate of drug-likeness (QED) is 0.0311. The lowest BCUT2D eigenvalue weighted by atomic mass is 9.66. The molecule has 0 fully saturated rings. The molecular formula is C54H70N2O8Si. The molecule has 1 aromatic heterocycles. The molecule has 0 saturated carbocycles. The van der Waals surface area contributed by atoms with Gasteiger partial charge in [0, 0.05) is 54.4 Å². The van der Waals surface area contributed by atoms with Crippen LogP contribution in [0.4, 0.5) is 4.79 Å². The molecule has 348 valence electrons. The van der Waals surface area contributed by atoms with Crippen LogP contribution in [0.1, 0.15) is 87.9 Å². The van der Waals surface area contributed by atoms with E-state index in [1.165, 1.54) is 5.69 Å². The van der Waals surface area contributed by atoms with E-state index in [0.717, 1.165) is 63.9 Å². The monoisotopic (exact) mass is 902 g/mol. The zero-order chi connectivity index (χ0) is 46.8. The van der Waals surface area contributed by atoms with Crippen LogP contribution in [0.25, 0.3) is 10.9 Å². The summed E-state index contributed by atoms with van der Waals surface area (Å²) >= 11 is 0. The Morgan fingerprint density at radius 1 is 0.846 bits per heavy atom. The van der Waals surface area contributed by atoms with Crippen molar-refractivity contribution < 1.29 is 37.6 Å². The van der Waals surface area contributed by atoms with E-state index in [1.54, 1.807) is 21.3 Å². The second-order valence-electron chi connectivity index (χ2n) is 19.2. The topological polar surface area (TPSA) is 89.9 Å². The molecule has 10 nitrogen and oxygen atoms in total. The van der Waals surface area contributed by atoms with E-state index in [2.05, 4.69) is 80.8 Å². The van der Waals surface area contributed by atoms with E-state index < -0.39 is 37.8 Å². The van der Waals surface area contributed by atoms with Gasteiger partial charge in [0.2, 0.25) is 0 Å². The summed E-state index contributed by atoms with van der Waals surface area (Å²) < 4.78 is 45.6. The molecule has 11 heteroatoms. The van der Waals surface area contributed by atoms with Crippen LogP contribution in [0.3, 0.4) is 0 Å². The number of carbonyl (C=O) groups excluding carboxylic acids is 1. The third-order valence-corrected chi connectivity index (χ3v) is 17.9. The third-order valence-electron chi connectivity index (χ3n) is 13.5. The summed E-state index contributed by atoms with van der Waals surface area (Å²) in [5, 5.41) is 1.02. The van der Waals surface area contributed by atoms with E-state index in [9.17, 15) is 0 Å². The highest BCUT2D eigenvalue weighted by Gasteiger charge is 2.52. The Hall–Kier alpha value is -5.09. The van der Waals surface area contributed by atoms with Crippen molar-refractivity contribution in [1.82, 2.24) is 9.47 Å². The molecule has 0 saturated heterocycles. The number of hydrogen-bond acceptors (Lipinski definition) is 8. The van der Waals surface area contributed by atoms with Crippen LogP contribution in [0.15, 0.2) is 103 Å². The normalized spacial score (nSPS) is 17.0. The van der Waals surface area contributed by atoms with E-state index >= 15 is 4.79 Å². The van der Waals surface area contributed by atoms with Gasteiger partial charge < -0.3 is 37.4 Å². The summed E-state index contributed by atoms with van der Waals surface area (Å²) in [6.45, 7) is 17.2. The van der Waals surface area contributed by atoms with Crippen LogP contribution in [-0.4, -0.2) is 76.9 Å². The van der Waals surface area contributed by atoms with E-state index in [0.29, 0.717) is 32.8 Å². The first-order valence-corrected chi connectivity index (χ1v) is 25.7. The lowest BCUT2D eigenvalue weighted by molar-refractivity contribution is -0.215. The van der Waals surface area contributed by atoms with Crippen molar-refractivity contribution in [3.05, 3.63) is 131 Å². The van der Waals surface area contributed by atoms with E-state index in [1.807, 2.05) is 85.5 Å². The van der Waals surface area contributed by atoms with Crippen LogP contribution in [-0.2, 0) is 49.6 Å². The Morgan fingerprint density at radius 2 is 1.46 bits per heavy atom. The number of amides is 1. The molecule has 65 heavy (non-hydrogen) atoms. The minimum absolute atomic E-state index is 0.0504. The van der Waals surface area contributed by atoms with Gasteiger partial charge in [0.1, 0.15) is 24.2 Å². The van der Waals surface area contributed by atoms with Crippen molar-refractivity contribution in [2.24, 2.45) is 5.41 Å². The lowest BCUT2D eigenvalue weighted by Gasteiger charge is -2.51. The summed E-state index contributed by atoms with van der Waals surface area (Å²) in [6.07, 6.45) is 7.95. The summed E-state index contributed by atoms with van der Waals surface area (Å²) in [5.74, 6) is 3.46. The highest BCUT2D eigenvalue weighted by molar-refractivity contribution is 6.74. The molecule has 1 aliphatic carbocycles. The van der Waals surface area contributed by atoms with Crippen molar-refractivity contribution in [3.63, 3.8) is 0 Å². The third kappa shape index (κ3) is 12.0. The molecule has 0 bridgehead atoms. The van der Waals surface area contributed by atoms with Gasteiger partial charge in [-0.15, -0.1) is 6.42 Å². The zero-order valence-corrected chi connectivity index (χ0v) is 41.3. The number of benzene rings is 4. The Balaban J connectivity index is 1.51. The lowest BCUT2D eigenvalue weighted by Crippen LogP contribution is -2.54. The average Bonchev–Trinajstić information content (AvgIpc) is 3.61. The number of terminal acetylenes is 1. The van der Waals surface area contributed by atoms with Crippen LogP contribution in [0.5, 0.6) is 11.5 Å². The summed E-state index contributed by atoms with van der Waals surface area (Å²) in [4.78, 5) is 17.2. The number of fused-ring (bicyclic) bond motifs is 3. The Labute approximate surface area is 388 Å². The van der Waals surface area contributed by atoms with Crippen molar-refractivity contribution in [2.45, 2.75) is 116 Å². The smallest absolute Gasteiger partial charge is 0.410 e. The zero-order valence-electron chi connectivity index (χ0n) is 40.3. The summed E-state index contributed by atoms with van der Waals surface area (Å²) in [7, 11) is 2.60. The van der Waals surface area contributed by atoms with Gasteiger partial charge >= 0.3 is 6.09 Å². The molecule has 3 atom stereocenters. The molecule has 4 aromatic carbocycles. The summed E-state index contributed by atoms with van der Waals surface area (Å²) in [5.41, 5.74) is 5.83. The summed E-state index contributed by atoms with van der Waals surface area (Å²) in [6, 6.07) is 34.0. The van der Waals surface area contributed by atoms with E-state index in [-0.39, 0.29) is 18.2 Å². The largest absolute Gasteiger partial charge is 0.497 e. The number of hydrogen-bond donors (Lipinski definition) is 0. The van der Waals surface area contributed by atoms with Gasteiger partial charge in [-0.1, -0.05) is 99.5 Å². The van der Waals surface area contributed by atoms with E-state index in [4.69, 9.17) is 39.3 Å². The fraction of sp³-hybridized carbons (Fsp3) is 0.463. The number of rotatable bonds is 21. The molecule has 1 heterocycles. The number of ether oxygens (including phenoxy) is 6. The Morgan fingerprint density at radius 3 is 2.08 bits per heavy atom. The fourth-order valence-electron chi connectivity index (χ4n) is 8.59. The average molecular weight is 903 g/mol. The van der Waals surface area contributed by atoms with Gasteiger partial charge in [-0.05, 0) is 105 Å². The van der Waals surface area contributed by atoms with Crippen molar-refractivity contribution >= 4 is 25.3 Å². The second-order valence-corrected chi connectivity index (χ2v) is 24.0. The fourth-order valence-corrected chi connectivity index (χ4v) is 9.67. The predicted molar refractivity (Wildman–Crippen MR) is 261 cm³/mol. The minimum atomic E-state index is -2.33. The number of para-hydroxylation sites is 1. The minimum Gasteiger partial charge on any atom is -0.497 e. The first kappa shape index (κ1) is 49.3. The molecule has 0 aliphatic heterocycles. The molecule has 1 unspecified atom stereocenters. The van der Waals surface area contributed by atoms with Crippen molar-refractivity contribution in [3.8, 4) is 23.8 Å². The van der Waals surface area contributed by atoms with Crippen LogP contribution in [0, 0.1) is 17.8 Å². The molecule has 6 rings (SSSR count). The SMILES string of the molecule is C#CC(CN(C(=O)OCc1ccccc1)[C@@H]1c2c(n(Cc3ccc(OC)cc3)c3ccccc23)CC[C@]1(CCCOCc1ccc(OC)cc1)CO[Si](C)(C)C(C)(C)C)OC(C)(C)OC. The maximum Gasteiger partial charge on any atom is 0.410 e. The number of carbonyl (C=O) groups is 1. The molecule has 0 radical (unpaired) electrons. The van der Waals surface area contributed by atoms with Crippen LogP contribution < -0.4 is 9.47 Å². The number of aromatic nitrogens is 1. The first-order valence-electron chi connectivity index (χ1n) is 22.8. The van der Waals surface area contributed by atoms with Gasteiger partial charge in [-0.25, -0.2) is 4.79 Å². The highest BCUT2D eigenvalue weighted by atomic mass is 28.4. The molecule has 5 aromatic rings. The predicted octanol–water partition coefficient (Wildman–Crippen LogP) is 11.7. The molecule has 0 spiro atoms. The maximum atomic E-state index is 15.3. The Kier molecular flexibility index (Phi) is 16.3. The van der Waals surface area contributed by atoms with Gasteiger partial charge in [0.15, 0.2) is 14.1 Å². The van der Waals surface area contributed by atoms with Gasteiger partial charge in [-0.2, -0.15) is 0 Å². The van der Waals surface area contributed by atoms with Crippen molar-refractivity contribution in [2.75, 3.05) is 41.1 Å². The second kappa shape index (κ2) is 21.5. The van der Waals surface area contributed by atoms with Crippen LogP contribution in [0.2, 0.25) is 18.1 Å². The maximum absolute atomic E-state index is 15.3.